The molecule has 0 amide bonds. The molecule has 0 saturated carbocycles. The normalized spacial score (nSPS) is 14.0. The Morgan fingerprint density at radius 2 is 0.788 bits per heavy atom. The van der Waals surface area contributed by atoms with Crippen molar-refractivity contribution in [3.05, 3.63) is 30.3 Å². The lowest BCUT2D eigenvalue weighted by Gasteiger charge is -2.33. The van der Waals surface area contributed by atoms with Gasteiger partial charge in [0.1, 0.15) is 16.8 Å². The van der Waals surface area contributed by atoms with Gasteiger partial charge in [-0.25, -0.2) is 0 Å². The predicted molar refractivity (Wildman–Crippen MR) is 164 cm³/mol. The fraction of sp³-hybridized carbons (Fsp3) is 0.727. The maximum absolute atomic E-state index is 6.55. The van der Waals surface area contributed by atoms with Gasteiger partial charge in [-0.05, 0) is 96.2 Å². The number of hydrogen-bond donors (Lipinski definition) is 0. The van der Waals surface area contributed by atoms with E-state index in [4.69, 9.17) is 16.9 Å². The molecule has 0 N–H and O–H groups in total. The second kappa shape index (κ2) is 13.7. The van der Waals surface area contributed by atoms with Gasteiger partial charge in [-0.15, -0.1) is 0 Å². The molecule has 0 heterocycles. The van der Waals surface area contributed by atoms with E-state index in [1.54, 1.807) is 0 Å². The molecule has 0 aliphatic rings. The first-order chi connectivity index (χ1) is 14.8. The molecule has 0 atom stereocenters. The highest BCUT2D eigenvalue weighted by Gasteiger charge is 2.31. The molecule has 0 aromatic heterocycles. The van der Waals surface area contributed by atoms with Crippen LogP contribution in [0.4, 0.5) is 0 Å². The minimum absolute atomic E-state index is 0.313. The Labute approximate surface area is 213 Å². The van der Waals surface area contributed by atoms with E-state index in [9.17, 15) is 0 Å². The van der Waals surface area contributed by atoms with Crippen LogP contribution in [0.5, 0.6) is 0 Å². The van der Waals surface area contributed by atoms with Crippen LogP contribution < -0.4 is 5.30 Å². The van der Waals surface area contributed by atoms with E-state index in [1.807, 2.05) is 0 Å². The van der Waals surface area contributed by atoms with E-state index in [2.05, 4.69) is 109 Å². The van der Waals surface area contributed by atoms with Gasteiger partial charge in [-0.3, -0.25) is 0 Å². The molecule has 0 unspecified atom stereocenters. The molecule has 192 valence electrons. The van der Waals surface area contributed by atoms with Gasteiger partial charge in [0.05, 0.1) is 0 Å². The second-order valence-electron chi connectivity index (χ2n) is 12.2. The Hall–Kier alpha value is 1.22. The van der Waals surface area contributed by atoms with Gasteiger partial charge in [-0.1, -0.05) is 38.3 Å². The van der Waals surface area contributed by atoms with E-state index in [1.165, 1.54) is 5.30 Å². The highest BCUT2D eigenvalue weighted by molar-refractivity contribution is 7.67. The van der Waals surface area contributed by atoms with E-state index < -0.39 is 50.0 Å². The van der Waals surface area contributed by atoms with Gasteiger partial charge in [0, 0.05) is 12.3 Å². The maximum Gasteiger partial charge on any atom is 0.191 e. The Morgan fingerprint density at radius 1 is 0.485 bits per heavy atom. The summed E-state index contributed by atoms with van der Waals surface area (Å²) in [5.41, 5.74) is 0. The van der Waals surface area contributed by atoms with Crippen LogP contribution in [0.3, 0.4) is 0 Å². The summed E-state index contributed by atoms with van der Waals surface area (Å²) < 4.78 is 26.2. The first-order valence-electron chi connectivity index (χ1n) is 11.9. The molecule has 0 spiro atoms. The molecular formula is C22H49O4P3Si4. The molecule has 0 saturated heterocycles. The largest absolute Gasteiger partial charge is 0.376 e. The Balaban J connectivity index is 2.98. The molecule has 1 rings (SSSR count). The third-order valence-electron chi connectivity index (χ3n) is 3.73. The summed E-state index contributed by atoms with van der Waals surface area (Å²) in [6.07, 6.45) is 4.32. The number of hydrogen-bond acceptors (Lipinski definition) is 4. The minimum Gasteiger partial charge on any atom is -0.376 e. The van der Waals surface area contributed by atoms with Crippen molar-refractivity contribution in [2.75, 3.05) is 24.6 Å². The van der Waals surface area contributed by atoms with Gasteiger partial charge in [0.15, 0.2) is 33.3 Å². The summed E-state index contributed by atoms with van der Waals surface area (Å²) in [5.74, 6) is 0. The first-order valence-corrected chi connectivity index (χ1v) is 30.0. The molecule has 11 heteroatoms. The van der Waals surface area contributed by atoms with Crippen molar-refractivity contribution in [2.45, 2.75) is 78.6 Å². The van der Waals surface area contributed by atoms with Crippen LogP contribution in [-0.4, -0.2) is 57.9 Å². The molecule has 4 nitrogen and oxygen atoms in total. The standard InChI is InChI=1S/C22H49O4P3Si4/c1-30(2,3)23-28(24-31(4,5)6)20-18-27(22-16-14-13-15-17-22)19-21-29(25-32(7,8)9)26-33(10,11)12/h13-17H,18-21H2,1-12H3. The van der Waals surface area contributed by atoms with Crippen molar-refractivity contribution in [3.8, 4) is 0 Å². The van der Waals surface area contributed by atoms with Crippen molar-refractivity contribution < 1.29 is 16.9 Å². The average Bonchev–Trinajstić information content (AvgIpc) is 2.56. The van der Waals surface area contributed by atoms with Crippen molar-refractivity contribution in [1.82, 2.24) is 0 Å². The van der Waals surface area contributed by atoms with Crippen molar-refractivity contribution >= 4 is 63.2 Å². The van der Waals surface area contributed by atoms with E-state index in [-0.39, 0.29) is 7.92 Å². The molecule has 0 fully saturated rings. The van der Waals surface area contributed by atoms with Crippen LogP contribution in [-0.2, 0) is 16.9 Å². The molecule has 1 aromatic rings. The van der Waals surface area contributed by atoms with Crippen LogP contribution in [0.2, 0.25) is 78.6 Å². The predicted octanol–water partition coefficient (Wildman–Crippen LogP) is 8.82. The highest BCUT2D eigenvalue weighted by Crippen LogP contribution is 2.51. The first kappa shape index (κ1) is 32.2. The monoisotopic (exact) mass is 582 g/mol. The summed E-state index contributed by atoms with van der Waals surface area (Å²) in [5, 5.41) is 1.47. The average molecular weight is 583 g/mol. The lowest BCUT2D eigenvalue weighted by Crippen LogP contribution is -2.30. The topological polar surface area (TPSA) is 36.9 Å². The zero-order valence-electron chi connectivity index (χ0n) is 23.2. The molecular weight excluding hydrogens is 534 g/mol. The van der Waals surface area contributed by atoms with Crippen LogP contribution >= 0.6 is 24.7 Å². The zero-order valence-corrected chi connectivity index (χ0v) is 29.9. The number of rotatable bonds is 15. The molecule has 0 aliphatic heterocycles. The van der Waals surface area contributed by atoms with Crippen LogP contribution in [0.25, 0.3) is 0 Å². The Morgan fingerprint density at radius 3 is 1.06 bits per heavy atom. The fourth-order valence-corrected chi connectivity index (χ4v) is 19.6. The molecule has 33 heavy (non-hydrogen) atoms. The summed E-state index contributed by atoms with van der Waals surface area (Å²) in [7, 11) is -8.60. The summed E-state index contributed by atoms with van der Waals surface area (Å²) in [6, 6.07) is 11.1. The van der Waals surface area contributed by atoms with Crippen LogP contribution in [0.15, 0.2) is 30.3 Å². The van der Waals surface area contributed by atoms with E-state index in [0.717, 1.165) is 24.6 Å². The smallest absolute Gasteiger partial charge is 0.191 e. The second-order valence-corrected chi connectivity index (χ2v) is 36.8. The molecule has 1 aromatic carbocycles. The Bertz CT molecular complexity index is 614. The van der Waals surface area contributed by atoms with E-state index >= 15 is 0 Å². The van der Waals surface area contributed by atoms with Gasteiger partial charge < -0.3 is 16.9 Å². The quantitative estimate of drug-likeness (QED) is 0.153. The number of benzene rings is 1. The van der Waals surface area contributed by atoms with Gasteiger partial charge >= 0.3 is 0 Å². The summed E-state index contributed by atoms with van der Waals surface area (Å²) in [4.78, 5) is 0. The molecule has 0 bridgehead atoms. The van der Waals surface area contributed by atoms with Crippen molar-refractivity contribution in [2.24, 2.45) is 0 Å². The van der Waals surface area contributed by atoms with Crippen LogP contribution in [0.1, 0.15) is 0 Å². The van der Waals surface area contributed by atoms with Crippen molar-refractivity contribution in [1.29, 1.82) is 0 Å². The summed E-state index contributed by atoms with van der Waals surface area (Å²) in [6.45, 7) is 27.2. The Kier molecular flexibility index (Phi) is 13.4. The van der Waals surface area contributed by atoms with Gasteiger partial charge in [0.2, 0.25) is 0 Å². The van der Waals surface area contributed by atoms with Gasteiger partial charge in [-0.2, -0.15) is 0 Å². The SMILES string of the molecule is C[Si](C)(C)OP(CCP(CCP(O[Si](C)(C)C)O[Si](C)(C)C)c1ccccc1)O[Si](C)(C)C. The molecule has 0 radical (unpaired) electrons. The van der Waals surface area contributed by atoms with Crippen LogP contribution in [0, 0.1) is 0 Å². The van der Waals surface area contributed by atoms with Gasteiger partial charge in [0.25, 0.3) is 0 Å². The lowest BCUT2D eigenvalue weighted by atomic mass is 10.4. The lowest BCUT2D eigenvalue weighted by molar-refractivity contribution is 0.489. The highest BCUT2D eigenvalue weighted by atomic mass is 31.2. The van der Waals surface area contributed by atoms with Crippen molar-refractivity contribution in [3.63, 3.8) is 0 Å². The fourth-order valence-electron chi connectivity index (χ4n) is 2.86. The summed E-state index contributed by atoms with van der Waals surface area (Å²) >= 11 is 0. The third-order valence-corrected chi connectivity index (χ3v) is 20.2. The zero-order chi connectivity index (χ0) is 25.5. The third kappa shape index (κ3) is 17.3. The minimum atomic E-state index is -1.66. The molecule has 0 aliphatic carbocycles. The van der Waals surface area contributed by atoms with E-state index in [0.29, 0.717) is 0 Å². The maximum atomic E-state index is 6.55.